The first-order valence-corrected chi connectivity index (χ1v) is 12.7. The minimum absolute atomic E-state index is 0.0125. The third-order valence-electron chi connectivity index (χ3n) is 6.33. The number of hydrogen-bond donors (Lipinski definition) is 2. The monoisotopic (exact) mass is 490 g/mol. The van der Waals surface area contributed by atoms with Crippen molar-refractivity contribution in [1.82, 2.24) is 15.2 Å². The standard InChI is InChI=1S/C27H30N4O3S/c1-18-7-9-19(10-8-18)21-5-3-4-6-22(21)29-26(34)23-17-35-27(30-23)20-13-15-31(16-14-20)25(33)12-11-24(32)28-2/h3-10,17,20H,11-16H2,1-2H3,(H,28,32)(H,29,34). The molecule has 1 saturated heterocycles. The van der Waals surface area contributed by atoms with Crippen LogP contribution in [0.5, 0.6) is 0 Å². The SMILES string of the molecule is CNC(=O)CCC(=O)N1CCC(c2nc(C(=O)Nc3ccccc3-c3ccc(C)cc3)cs2)CC1. The molecule has 1 aromatic heterocycles. The lowest BCUT2D eigenvalue weighted by molar-refractivity contribution is -0.134. The van der Waals surface area contributed by atoms with E-state index < -0.39 is 0 Å². The number of nitrogens with one attached hydrogen (secondary N) is 2. The number of carbonyl (C=O) groups is 3. The molecule has 0 bridgehead atoms. The lowest BCUT2D eigenvalue weighted by Gasteiger charge is -2.31. The molecule has 2 heterocycles. The minimum atomic E-state index is -0.228. The smallest absolute Gasteiger partial charge is 0.275 e. The largest absolute Gasteiger partial charge is 0.359 e. The zero-order valence-corrected chi connectivity index (χ0v) is 20.9. The van der Waals surface area contributed by atoms with Crippen LogP contribution >= 0.6 is 11.3 Å². The highest BCUT2D eigenvalue weighted by molar-refractivity contribution is 7.10. The highest BCUT2D eigenvalue weighted by Gasteiger charge is 2.26. The molecule has 2 N–H and O–H groups in total. The van der Waals surface area contributed by atoms with Gasteiger partial charge in [-0.15, -0.1) is 11.3 Å². The average molecular weight is 491 g/mol. The average Bonchev–Trinajstić information content (AvgIpc) is 3.39. The highest BCUT2D eigenvalue weighted by Crippen LogP contribution is 2.32. The Hall–Kier alpha value is -3.52. The Labute approximate surface area is 209 Å². The second kappa shape index (κ2) is 11.3. The maximum Gasteiger partial charge on any atom is 0.275 e. The van der Waals surface area contributed by atoms with Gasteiger partial charge in [0.2, 0.25) is 11.8 Å². The molecular formula is C27H30N4O3S. The molecule has 0 radical (unpaired) electrons. The lowest BCUT2D eigenvalue weighted by Crippen LogP contribution is -2.38. The van der Waals surface area contributed by atoms with Gasteiger partial charge in [-0.3, -0.25) is 14.4 Å². The van der Waals surface area contributed by atoms with E-state index in [1.165, 1.54) is 16.9 Å². The van der Waals surface area contributed by atoms with Gasteiger partial charge in [-0.2, -0.15) is 0 Å². The van der Waals surface area contributed by atoms with Gasteiger partial charge in [0.05, 0.1) is 5.01 Å². The summed E-state index contributed by atoms with van der Waals surface area (Å²) in [5.74, 6) is -0.111. The van der Waals surface area contributed by atoms with Gasteiger partial charge in [0.15, 0.2) is 0 Å². The molecule has 0 saturated carbocycles. The quantitative estimate of drug-likeness (QED) is 0.506. The van der Waals surface area contributed by atoms with Crippen molar-refractivity contribution in [2.45, 2.75) is 38.5 Å². The van der Waals surface area contributed by atoms with Gasteiger partial charge >= 0.3 is 0 Å². The predicted molar refractivity (Wildman–Crippen MR) is 139 cm³/mol. The van der Waals surface area contributed by atoms with Crippen molar-refractivity contribution < 1.29 is 14.4 Å². The van der Waals surface area contributed by atoms with Gasteiger partial charge in [0.25, 0.3) is 5.91 Å². The Bertz CT molecular complexity index is 1200. The fourth-order valence-electron chi connectivity index (χ4n) is 4.22. The number of likely N-dealkylation sites (tertiary alicyclic amines) is 1. The van der Waals surface area contributed by atoms with Crippen molar-refractivity contribution in [2.24, 2.45) is 0 Å². The van der Waals surface area contributed by atoms with Crippen LogP contribution in [0.1, 0.15) is 52.7 Å². The van der Waals surface area contributed by atoms with Gasteiger partial charge in [0.1, 0.15) is 5.69 Å². The third kappa shape index (κ3) is 6.14. The molecule has 8 heteroatoms. The van der Waals surface area contributed by atoms with Crippen molar-refractivity contribution in [1.29, 1.82) is 0 Å². The molecular weight excluding hydrogens is 460 g/mol. The summed E-state index contributed by atoms with van der Waals surface area (Å²) in [6, 6.07) is 16.0. The minimum Gasteiger partial charge on any atom is -0.359 e. The van der Waals surface area contributed by atoms with E-state index >= 15 is 0 Å². The lowest BCUT2D eigenvalue weighted by atomic mass is 9.97. The summed E-state index contributed by atoms with van der Waals surface area (Å²) >= 11 is 1.50. The Morgan fingerprint density at radius 2 is 1.74 bits per heavy atom. The molecule has 0 unspecified atom stereocenters. The number of anilines is 1. The predicted octanol–water partition coefficient (Wildman–Crippen LogP) is 4.60. The number of piperidine rings is 1. The molecule has 2 aromatic carbocycles. The van der Waals surface area contributed by atoms with Crippen LogP contribution in [0.3, 0.4) is 0 Å². The molecule has 1 aliphatic rings. The van der Waals surface area contributed by atoms with E-state index in [0.29, 0.717) is 18.8 Å². The third-order valence-corrected chi connectivity index (χ3v) is 7.34. The van der Waals surface area contributed by atoms with Crippen LogP contribution in [-0.2, 0) is 9.59 Å². The van der Waals surface area contributed by atoms with Crippen molar-refractivity contribution >= 4 is 34.7 Å². The molecule has 182 valence electrons. The summed E-state index contributed by atoms with van der Waals surface area (Å²) in [7, 11) is 1.57. The number of amides is 3. The fraction of sp³-hybridized carbons (Fsp3) is 0.333. The van der Waals surface area contributed by atoms with Gasteiger partial charge in [0, 0.05) is 55.5 Å². The number of hydrogen-bond acceptors (Lipinski definition) is 5. The zero-order chi connectivity index (χ0) is 24.8. The summed E-state index contributed by atoms with van der Waals surface area (Å²) in [4.78, 5) is 43.2. The molecule has 3 aromatic rings. The zero-order valence-electron chi connectivity index (χ0n) is 20.0. The van der Waals surface area contributed by atoms with E-state index in [4.69, 9.17) is 0 Å². The number of benzene rings is 2. The van der Waals surface area contributed by atoms with Crippen molar-refractivity contribution in [3.8, 4) is 11.1 Å². The summed E-state index contributed by atoms with van der Waals surface area (Å²) in [5, 5.41) is 8.30. The normalized spacial score (nSPS) is 13.9. The van der Waals surface area contributed by atoms with E-state index in [0.717, 1.165) is 34.7 Å². The maximum absolute atomic E-state index is 13.0. The van der Waals surface area contributed by atoms with Gasteiger partial charge in [-0.05, 0) is 31.4 Å². The molecule has 3 amide bonds. The van der Waals surface area contributed by atoms with E-state index in [1.807, 2.05) is 36.1 Å². The molecule has 35 heavy (non-hydrogen) atoms. The second-order valence-electron chi connectivity index (χ2n) is 8.76. The molecule has 7 nitrogen and oxygen atoms in total. The highest BCUT2D eigenvalue weighted by atomic mass is 32.1. The van der Waals surface area contributed by atoms with Crippen LogP contribution in [0.25, 0.3) is 11.1 Å². The van der Waals surface area contributed by atoms with Crippen LogP contribution < -0.4 is 10.6 Å². The number of carbonyl (C=O) groups excluding carboxylic acids is 3. The first-order chi connectivity index (χ1) is 16.9. The van der Waals surface area contributed by atoms with Crippen molar-refractivity contribution in [2.75, 3.05) is 25.5 Å². The van der Waals surface area contributed by atoms with E-state index in [2.05, 4.69) is 39.9 Å². The summed E-state index contributed by atoms with van der Waals surface area (Å²) < 4.78 is 0. The molecule has 0 atom stereocenters. The first-order valence-electron chi connectivity index (χ1n) is 11.9. The number of rotatable bonds is 7. The van der Waals surface area contributed by atoms with E-state index in [9.17, 15) is 14.4 Å². The Morgan fingerprint density at radius 1 is 1.03 bits per heavy atom. The van der Waals surface area contributed by atoms with E-state index in [1.54, 1.807) is 12.4 Å². The number of nitrogens with zero attached hydrogens (tertiary/aromatic N) is 2. The number of para-hydroxylation sites is 1. The summed E-state index contributed by atoms with van der Waals surface area (Å²) in [5.41, 5.74) is 4.35. The van der Waals surface area contributed by atoms with Gasteiger partial charge < -0.3 is 15.5 Å². The van der Waals surface area contributed by atoms with E-state index in [-0.39, 0.29) is 36.5 Å². The Kier molecular flexibility index (Phi) is 7.92. The second-order valence-corrected chi connectivity index (χ2v) is 9.65. The van der Waals surface area contributed by atoms with Gasteiger partial charge in [-0.25, -0.2) is 4.98 Å². The van der Waals surface area contributed by atoms with Crippen molar-refractivity contribution in [3.63, 3.8) is 0 Å². The summed E-state index contributed by atoms with van der Waals surface area (Å²) in [6.45, 7) is 3.33. The van der Waals surface area contributed by atoms with Gasteiger partial charge in [-0.1, -0.05) is 48.0 Å². The topological polar surface area (TPSA) is 91.4 Å². The van der Waals surface area contributed by atoms with Crippen LogP contribution in [0.4, 0.5) is 5.69 Å². The molecule has 4 rings (SSSR count). The fourth-order valence-corrected chi connectivity index (χ4v) is 5.19. The summed E-state index contributed by atoms with van der Waals surface area (Å²) in [6.07, 6.45) is 2.05. The van der Waals surface area contributed by atoms with Crippen LogP contribution in [0.15, 0.2) is 53.9 Å². The van der Waals surface area contributed by atoms with Crippen molar-refractivity contribution in [3.05, 3.63) is 70.2 Å². The Morgan fingerprint density at radius 3 is 2.46 bits per heavy atom. The number of aryl methyl sites for hydroxylation is 1. The number of thiazole rings is 1. The molecule has 0 aliphatic carbocycles. The van der Waals surface area contributed by atoms with Crippen LogP contribution in [0.2, 0.25) is 0 Å². The van der Waals surface area contributed by atoms with Crippen LogP contribution in [0, 0.1) is 6.92 Å². The van der Waals surface area contributed by atoms with Crippen LogP contribution in [-0.4, -0.2) is 47.7 Å². The molecule has 1 aliphatic heterocycles. The molecule has 0 spiro atoms. The Balaban J connectivity index is 1.36. The maximum atomic E-state index is 13.0. The molecule has 1 fully saturated rings. The number of aromatic nitrogens is 1. The first kappa shape index (κ1) is 24.6.